The maximum atomic E-state index is 12.4. The van der Waals surface area contributed by atoms with Crippen molar-refractivity contribution in [3.8, 4) is 5.75 Å². The van der Waals surface area contributed by atoms with Gasteiger partial charge in [0.05, 0.1) is 7.11 Å². The summed E-state index contributed by atoms with van der Waals surface area (Å²) in [5, 5.41) is 5.22. The minimum Gasteiger partial charge on any atom is -0.495 e. The Morgan fingerprint density at radius 1 is 1.20 bits per heavy atom. The number of carbonyl (C=O) groups excluding carboxylic acids is 2. The quantitative estimate of drug-likeness (QED) is 0.745. The molecule has 0 radical (unpaired) electrons. The predicted octanol–water partition coefficient (Wildman–Crippen LogP) is 1.04. The molecule has 0 aliphatic carbocycles. The van der Waals surface area contributed by atoms with Gasteiger partial charge in [-0.2, -0.15) is 0 Å². The third-order valence-corrected chi connectivity index (χ3v) is 5.33. The van der Waals surface area contributed by atoms with Crippen molar-refractivity contribution in [2.24, 2.45) is 5.92 Å². The number of hydrogen-bond donors (Lipinski definition) is 2. The molecule has 0 aliphatic heterocycles. The first kappa shape index (κ1) is 20.9. The lowest BCUT2D eigenvalue weighted by Gasteiger charge is -2.21. The summed E-state index contributed by atoms with van der Waals surface area (Å²) in [6, 6.07) is 3.61. The molecule has 0 saturated carbocycles. The Bertz CT molecular complexity index is 744. The average molecular weight is 371 g/mol. The van der Waals surface area contributed by atoms with Crippen molar-refractivity contribution in [1.82, 2.24) is 9.62 Å². The Balaban J connectivity index is 3.19. The summed E-state index contributed by atoms with van der Waals surface area (Å²) < 4.78 is 31.0. The maximum Gasteiger partial charge on any atom is 0.247 e. The van der Waals surface area contributed by atoms with Crippen LogP contribution in [-0.4, -0.2) is 51.8 Å². The third kappa shape index (κ3) is 5.17. The van der Waals surface area contributed by atoms with Crippen molar-refractivity contribution in [2.75, 3.05) is 26.5 Å². The van der Waals surface area contributed by atoms with Gasteiger partial charge in [-0.25, -0.2) is 12.7 Å². The number of sulfonamides is 1. The van der Waals surface area contributed by atoms with Gasteiger partial charge in [0, 0.05) is 26.7 Å². The van der Waals surface area contributed by atoms with E-state index in [2.05, 4.69) is 10.6 Å². The minimum absolute atomic E-state index is 0.0570. The van der Waals surface area contributed by atoms with Crippen LogP contribution in [0.1, 0.15) is 20.8 Å². The maximum absolute atomic E-state index is 12.4. The van der Waals surface area contributed by atoms with Crippen LogP contribution >= 0.6 is 0 Å². The van der Waals surface area contributed by atoms with Crippen LogP contribution in [0.3, 0.4) is 0 Å². The van der Waals surface area contributed by atoms with E-state index in [4.69, 9.17) is 4.74 Å². The molecule has 1 aromatic rings. The predicted molar refractivity (Wildman–Crippen MR) is 94.9 cm³/mol. The zero-order valence-electron chi connectivity index (χ0n) is 15.3. The Labute approximate surface area is 148 Å². The molecule has 0 aliphatic rings. The lowest BCUT2D eigenvalue weighted by molar-refractivity contribution is -0.126. The lowest BCUT2D eigenvalue weighted by Crippen LogP contribution is -2.46. The molecule has 1 atom stereocenters. The zero-order chi connectivity index (χ0) is 19.4. The number of carbonyl (C=O) groups is 2. The van der Waals surface area contributed by atoms with E-state index in [0.717, 1.165) is 4.31 Å². The van der Waals surface area contributed by atoms with E-state index in [1.807, 2.05) is 0 Å². The summed E-state index contributed by atoms with van der Waals surface area (Å²) in [7, 11) is 0.439. The number of rotatable bonds is 7. The highest BCUT2D eigenvalue weighted by molar-refractivity contribution is 7.89. The molecule has 9 heteroatoms. The van der Waals surface area contributed by atoms with E-state index in [-0.39, 0.29) is 22.5 Å². The molecule has 1 aromatic carbocycles. The van der Waals surface area contributed by atoms with Gasteiger partial charge in [0.15, 0.2) is 0 Å². The Morgan fingerprint density at radius 3 is 2.24 bits per heavy atom. The van der Waals surface area contributed by atoms with Gasteiger partial charge in [0.25, 0.3) is 0 Å². The lowest BCUT2D eigenvalue weighted by atomic mass is 10.0. The molecular weight excluding hydrogens is 346 g/mol. The highest BCUT2D eigenvalue weighted by atomic mass is 32.2. The van der Waals surface area contributed by atoms with E-state index >= 15 is 0 Å². The van der Waals surface area contributed by atoms with Crippen molar-refractivity contribution in [1.29, 1.82) is 0 Å². The van der Waals surface area contributed by atoms with Crippen molar-refractivity contribution in [2.45, 2.75) is 31.7 Å². The zero-order valence-corrected chi connectivity index (χ0v) is 16.1. The molecule has 0 unspecified atom stereocenters. The number of amides is 2. The standard InChI is InChI=1S/C16H25N3O5S/c1-10(2)15(17-11(3)20)16(21)18-12-7-8-13(24-6)14(9-12)25(22,23)19(4)5/h7-10,15H,1-6H3,(H,17,20)(H,18,21)/t15-/m0/s1. The molecule has 0 saturated heterocycles. The molecular formula is C16H25N3O5S. The van der Waals surface area contributed by atoms with E-state index in [1.54, 1.807) is 13.8 Å². The summed E-state index contributed by atoms with van der Waals surface area (Å²) in [5.74, 6) is -0.705. The van der Waals surface area contributed by atoms with Gasteiger partial charge in [-0.05, 0) is 24.1 Å². The first-order chi connectivity index (χ1) is 11.5. The van der Waals surface area contributed by atoms with E-state index in [9.17, 15) is 18.0 Å². The van der Waals surface area contributed by atoms with Gasteiger partial charge in [-0.3, -0.25) is 9.59 Å². The summed E-state index contributed by atoms with van der Waals surface area (Å²) in [4.78, 5) is 23.6. The second-order valence-electron chi connectivity index (χ2n) is 6.06. The molecule has 0 aromatic heterocycles. The molecule has 0 fully saturated rings. The molecule has 1 rings (SSSR count). The largest absolute Gasteiger partial charge is 0.495 e. The van der Waals surface area contributed by atoms with Crippen LogP contribution in [-0.2, 0) is 19.6 Å². The fourth-order valence-corrected chi connectivity index (χ4v) is 3.20. The van der Waals surface area contributed by atoms with Crippen LogP contribution in [0.5, 0.6) is 5.75 Å². The normalized spacial score (nSPS) is 12.8. The van der Waals surface area contributed by atoms with E-state index < -0.39 is 22.0 Å². The number of anilines is 1. The summed E-state index contributed by atoms with van der Waals surface area (Å²) in [5.41, 5.74) is 0.294. The van der Waals surface area contributed by atoms with Crippen LogP contribution in [0, 0.1) is 5.92 Å². The van der Waals surface area contributed by atoms with Crippen molar-refractivity contribution in [3.05, 3.63) is 18.2 Å². The van der Waals surface area contributed by atoms with E-state index in [1.165, 1.54) is 46.3 Å². The number of nitrogens with zero attached hydrogens (tertiary/aromatic N) is 1. The van der Waals surface area contributed by atoms with Gasteiger partial charge >= 0.3 is 0 Å². The molecule has 0 heterocycles. The highest BCUT2D eigenvalue weighted by Crippen LogP contribution is 2.29. The molecule has 0 bridgehead atoms. The molecule has 25 heavy (non-hydrogen) atoms. The van der Waals surface area contributed by atoms with Crippen molar-refractivity contribution < 1.29 is 22.7 Å². The second kappa shape index (κ2) is 8.30. The second-order valence-corrected chi connectivity index (χ2v) is 8.18. The Morgan fingerprint density at radius 2 is 1.80 bits per heavy atom. The number of nitrogens with one attached hydrogen (secondary N) is 2. The summed E-state index contributed by atoms with van der Waals surface area (Å²) >= 11 is 0. The highest BCUT2D eigenvalue weighted by Gasteiger charge is 2.25. The number of methoxy groups -OCH3 is 1. The molecule has 0 spiro atoms. The van der Waals surface area contributed by atoms with Crippen molar-refractivity contribution >= 4 is 27.5 Å². The monoisotopic (exact) mass is 371 g/mol. The molecule has 8 nitrogen and oxygen atoms in total. The minimum atomic E-state index is -3.75. The van der Waals surface area contributed by atoms with Crippen LogP contribution in [0.4, 0.5) is 5.69 Å². The average Bonchev–Trinajstić information content (AvgIpc) is 2.51. The number of hydrogen-bond acceptors (Lipinski definition) is 5. The Hall–Kier alpha value is -2.13. The third-order valence-electron chi connectivity index (χ3n) is 3.50. The van der Waals surface area contributed by atoms with Gasteiger partial charge in [-0.15, -0.1) is 0 Å². The Kier molecular flexibility index (Phi) is 6.95. The van der Waals surface area contributed by atoms with Crippen molar-refractivity contribution in [3.63, 3.8) is 0 Å². The van der Waals surface area contributed by atoms with Crippen LogP contribution < -0.4 is 15.4 Å². The van der Waals surface area contributed by atoms with Gasteiger partial charge in [-0.1, -0.05) is 13.8 Å². The van der Waals surface area contributed by atoms with Crippen LogP contribution in [0.25, 0.3) is 0 Å². The molecule has 2 N–H and O–H groups in total. The van der Waals surface area contributed by atoms with Gasteiger partial charge in [0.1, 0.15) is 16.7 Å². The first-order valence-electron chi connectivity index (χ1n) is 7.69. The van der Waals surface area contributed by atoms with E-state index in [0.29, 0.717) is 5.69 Å². The van der Waals surface area contributed by atoms with Gasteiger partial charge in [0.2, 0.25) is 21.8 Å². The molecule has 2 amide bonds. The fraction of sp³-hybridized carbons (Fsp3) is 0.500. The van der Waals surface area contributed by atoms with Gasteiger partial charge < -0.3 is 15.4 Å². The topological polar surface area (TPSA) is 105 Å². The number of benzene rings is 1. The van der Waals surface area contributed by atoms with Crippen LogP contribution in [0.2, 0.25) is 0 Å². The SMILES string of the molecule is COc1ccc(NC(=O)[C@@H](NC(C)=O)C(C)C)cc1S(=O)(=O)N(C)C. The summed E-state index contributed by atoms with van der Waals surface area (Å²) in [6.07, 6.45) is 0. The smallest absolute Gasteiger partial charge is 0.247 e. The van der Waals surface area contributed by atoms with Crippen LogP contribution in [0.15, 0.2) is 23.1 Å². The molecule has 140 valence electrons. The fourth-order valence-electron chi connectivity index (χ4n) is 2.13. The number of ether oxygens (including phenoxy) is 1. The summed E-state index contributed by atoms with van der Waals surface area (Å²) in [6.45, 7) is 4.93. The first-order valence-corrected chi connectivity index (χ1v) is 9.13.